The Hall–Kier alpha value is -0.0979. The van der Waals surface area contributed by atoms with Gasteiger partial charge in [-0.3, -0.25) is 0 Å². The third kappa shape index (κ3) is 8.85. The van der Waals surface area contributed by atoms with Crippen LogP contribution >= 0.6 is 0 Å². The van der Waals surface area contributed by atoms with Crippen LogP contribution in [0.4, 0.5) is 11.4 Å². The molecule has 0 aromatic heterocycles. The van der Waals surface area contributed by atoms with E-state index < -0.39 is 16.6 Å². The number of hydrogen-bond acceptors (Lipinski definition) is 3. The fraction of sp³-hybridized carbons (Fsp3) is 0.524. The van der Waals surface area contributed by atoms with Crippen molar-refractivity contribution in [3.05, 3.63) is 50.2 Å². The van der Waals surface area contributed by atoms with E-state index in [0.717, 1.165) is 19.8 Å². The van der Waals surface area contributed by atoms with Crippen LogP contribution in [0.1, 0.15) is 26.7 Å². The molecule has 0 amide bonds. The average Bonchev–Trinajstić information content (AvgIpc) is 2.94. The molecule has 6 heteroatoms. The summed E-state index contributed by atoms with van der Waals surface area (Å²) in [6, 6.07) is 12.7. The molecular formula is C21H38N2OPtSi2. The molecule has 0 saturated heterocycles. The summed E-state index contributed by atoms with van der Waals surface area (Å²) in [7, 11) is -3.16. The van der Waals surface area contributed by atoms with Gasteiger partial charge in [0.1, 0.15) is 0 Å². The van der Waals surface area contributed by atoms with Crippen LogP contribution in [-0.2, 0) is 25.2 Å². The molecule has 4 radical (unpaired) electrons. The minimum atomic E-state index is -1.58. The smallest absolute Gasteiger partial charge is 0.176 e. The molecule has 1 aromatic carbocycles. The predicted molar refractivity (Wildman–Crippen MR) is 122 cm³/mol. The van der Waals surface area contributed by atoms with E-state index in [1.807, 2.05) is 12.1 Å². The summed E-state index contributed by atoms with van der Waals surface area (Å²) in [5.74, 6) is 0. The first kappa shape index (κ1) is 26.9. The number of nitrogens with zero attached hydrogens (tertiary/aromatic N) is 2. The Morgan fingerprint density at radius 2 is 1.26 bits per heavy atom. The van der Waals surface area contributed by atoms with Crippen LogP contribution in [-0.4, -0.2) is 36.4 Å². The zero-order chi connectivity index (χ0) is 19.8. The van der Waals surface area contributed by atoms with Crippen molar-refractivity contribution in [2.24, 2.45) is 0 Å². The van der Waals surface area contributed by atoms with E-state index in [-0.39, 0.29) is 21.1 Å². The molecule has 0 bridgehead atoms. The first-order valence-corrected chi connectivity index (χ1v) is 15.7. The van der Waals surface area contributed by atoms with Gasteiger partial charge >= 0.3 is 0 Å². The second kappa shape index (κ2) is 12.5. The maximum atomic E-state index is 5.97. The monoisotopic (exact) mass is 585 g/mol. The van der Waals surface area contributed by atoms with Gasteiger partial charge in [-0.1, -0.05) is 39.8 Å². The van der Waals surface area contributed by atoms with E-state index in [0.29, 0.717) is 0 Å². The van der Waals surface area contributed by atoms with Crippen LogP contribution in [0.5, 0.6) is 0 Å². The minimum Gasteiger partial charge on any atom is -0.455 e. The maximum Gasteiger partial charge on any atom is 0.176 e. The maximum absolute atomic E-state index is 5.97. The number of para-hydroxylation sites is 2. The fourth-order valence-corrected chi connectivity index (χ4v) is 9.13. The van der Waals surface area contributed by atoms with E-state index in [2.05, 4.69) is 87.9 Å². The molecule has 1 aliphatic rings. The van der Waals surface area contributed by atoms with Crippen molar-refractivity contribution in [1.82, 2.24) is 0 Å². The van der Waals surface area contributed by atoms with Crippen LogP contribution < -0.4 is 9.80 Å². The largest absolute Gasteiger partial charge is 0.455 e. The zero-order valence-electron chi connectivity index (χ0n) is 18.0. The molecule has 2 rings (SSSR count). The molecule has 1 aliphatic heterocycles. The normalized spacial score (nSPS) is 13.6. The minimum absolute atomic E-state index is 0. The molecule has 0 N–H and O–H groups in total. The van der Waals surface area contributed by atoms with Crippen LogP contribution in [0, 0.1) is 25.9 Å². The summed E-state index contributed by atoms with van der Waals surface area (Å²) < 4.78 is 5.97. The molecule has 1 aromatic rings. The Morgan fingerprint density at radius 3 is 1.56 bits per heavy atom. The standard InChI is InChI=1S/C13H20N2.C8H18OSi2.Pt/c1-3-9-14-11-15(10-4-2)13-8-6-5-7-12(13)14;1-7-10(3,4)9-11(5,6)8-2;/h5-8H,3-4,9-11H2,1-2H3;7-8H,1-2H2,3-6H3;. The molecule has 0 aliphatic carbocycles. The fourth-order valence-electron chi connectivity index (χ4n) is 3.04. The molecule has 3 nitrogen and oxygen atoms in total. The third-order valence-corrected chi connectivity index (χ3v) is 10.6. The summed E-state index contributed by atoms with van der Waals surface area (Å²) >= 11 is 0. The Balaban J connectivity index is 0.000000509. The van der Waals surface area contributed by atoms with Crippen molar-refractivity contribution in [3.8, 4) is 0 Å². The van der Waals surface area contributed by atoms with E-state index in [1.165, 1.54) is 24.2 Å². The molecule has 0 spiro atoms. The molecule has 27 heavy (non-hydrogen) atoms. The molecule has 0 unspecified atom stereocenters. The predicted octanol–water partition coefficient (Wildman–Crippen LogP) is 5.66. The van der Waals surface area contributed by atoms with Crippen LogP contribution in [0.3, 0.4) is 0 Å². The van der Waals surface area contributed by atoms with E-state index >= 15 is 0 Å². The Kier molecular flexibility index (Phi) is 12.4. The van der Waals surface area contributed by atoms with Gasteiger partial charge in [-0.2, -0.15) is 0 Å². The number of fused-ring (bicyclic) bond motifs is 1. The third-order valence-electron chi connectivity index (χ3n) is 4.40. The molecule has 0 atom stereocenters. The van der Waals surface area contributed by atoms with Crippen molar-refractivity contribution in [3.63, 3.8) is 0 Å². The van der Waals surface area contributed by atoms with Gasteiger partial charge in [-0.25, -0.2) is 0 Å². The number of rotatable bonds is 8. The van der Waals surface area contributed by atoms with Gasteiger partial charge < -0.3 is 13.9 Å². The first-order valence-electron chi connectivity index (χ1n) is 9.76. The molecule has 0 saturated carbocycles. The second-order valence-electron chi connectivity index (χ2n) is 7.87. The second-order valence-corrected chi connectivity index (χ2v) is 15.9. The Morgan fingerprint density at radius 1 is 0.889 bits per heavy atom. The van der Waals surface area contributed by atoms with Crippen LogP contribution in [0.25, 0.3) is 0 Å². The Labute approximate surface area is 185 Å². The summed E-state index contributed by atoms with van der Waals surface area (Å²) in [4.78, 5) is 4.95. The van der Waals surface area contributed by atoms with Crippen molar-refractivity contribution in [2.45, 2.75) is 52.9 Å². The number of anilines is 2. The van der Waals surface area contributed by atoms with Gasteiger partial charge in [0, 0.05) is 34.2 Å². The van der Waals surface area contributed by atoms with Gasteiger partial charge in [0.2, 0.25) is 0 Å². The van der Waals surface area contributed by atoms with E-state index in [1.54, 1.807) is 0 Å². The van der Waals surface area contributed by atoms with Gasteiger partial charge in [-0.15, -0.1) is 0 Å². The quantitative estimate of drug-likeness (QED) is 0.367. The van der Waals surface area contributed by atoms with Gasteiger partial charge in [-0.05, 0) is 63.3 Å². The van der Waals surface area contributed by atoms with E-state index in [9.17, 15) is 0 Å². The number of hydrogen-bond donors (Lipinski definition) is 0. The van der Waals surface area contributed by atoms with Gasteiger partial charge in [0.15, 0.2) is 16.6 Å². The first-order chi connectivity index (χ1) is 12.2. The molecular weight excluding hydrogens is 547 g/mol. The summed E-state index contributed by atoms with van der Waals surface area (Å²) in [6.07, 6.45) is 2.43. The van der Waals surface area contributed by atoms with Crippen LogP contribution in [0.2, 0.25) is 26.2 Å². The van der Waals surface area contributed by atoms with Gasteiger partial charge in [0.25, 0.3) is 0 Å². The van der Waals surface area contributed by atoms with E-state index in [4.69, 9.17) is 4.12 Å². The summed E-state index contributed by atoms with van der Waals surface area (Å²) in [6.45, 7) is 24.0. The van der Waals surface area contributed by atoms with Crippen LogP contribution in [0.15, 0.2) is 24.3 Å². The zero-order valence-corrected chi connectivity index (χ0v) is 22.3. The number of benzene rings is 1. The van der Waals surface area contributed by atoms with Crippen molar-refractivity contribution < 1.29 is 25.2 Å². The topological polar surface area (TPSA) is 15.7 Å². The van der Waals surface area contributed by atoms with Gasteiger partial charge in [0.05, 0.1) is 18.0 Å². The van der Waals surface area contributed by atoms with Crippen molar-refractivity contribution in [1.29, 1.82) is 0 Å². The SMILES string of the molecule is CCCN1CN(CCC)c2ccccc21.[CH2][CH][Si](C)(C)O[Si](C)(C)[CH][CH2].[Pt]. The summed E-state index contributed by atoms with van der Waals surface area (Å²) in [5.41, 5.74) is 2.82. The average molecular weight is 586 g/mol. The summed E-state index contributed by atoms with van der Waals surface area (Å²) in [5, 5.41) is 0. The van der Waals surface area contributed by atoms with Crippen molar-refractivity contribution >= 4 is 28.0 Å². The van der Waals surface area contributed by atoms with Crippen molar-refractivity contribution in [2.75, 3.05) is 29.6 Å². The molecule has 156 valence electrons. The Bertz CT molecular complexity index is 496. The molecule has 0 fully saturated rings. The molecule has 1 heterocycles.